The fourth-order valence-electron chi connectivity index (χ4n) is 1.62. The Bertz CT molecular complexity index is 377. The van der Waals surface area contributed by atoms with E-state index in [1.807, 2.05) is 6.07 Å². The zero-order valence-electron chi connectivity index (χ0n) is 9.91. The number of hydrogen-bond donors (Lipinski definition) is 1. The topological polar surface area (TPSA) is 46.5 Å². The molecule has 1 rings (SSSR count). The Balaban J connectivity index is 2.87. The molecule has 0 atom stereocenters. The summed E-state index contributed by atoms with van der Waals surface area (Å²) in [6.45, 7) is 2.08. The monoisotopic (exact) mass is 300 g/mol. The van der Waals surface area contributed by atoms with Crippen LogP contribution >= 0.6 is 15.9 Å². The van der Waals surface area contributed by atoms with Gasteiger partial charge in [0, 0.05) is 5.33 Å². The predicted octanol–water partition coefficient (Wildman–Crippen LogP) is 2.68. The zero-order valence-corrected chi connectivity index (χ0v) is 11.5. The average molecular weight is 301 g/mol. The normalized spacial score (nSPS) is 10.3. The van der Waals surface area contributed by atoms with Crippen molar-refractivity contribution in [2.45, 2.75) is 26.4 Å². The fourth-order valence-corrected chi connectivity index (χ4v) is 1.90. The number of aliphatic hydroxyl groups excluding tert-OH is 1. The summed E-state index contributed by atoms with van der Waals surface area (Å²) in [5.74, 6) is -0.339. The highest BCUT2D eigenvalue weighted by Crippen LogP contribution is 2.15. The van der Waals surface area contributed by atoms with Crippen LogP contribution in [0.15, 0.2) is 18.2 Å². The van der Waals surface area contributed by atoms with Crippen LogP contribution in [0, 0.1) is 0 Å². The van der Waals surface area contributed by atoms with Crippen molar-refractivity contribution in [1.82, 2.24) is 0 Å². The summed E-state index contributed by atoms with van der Waals surface area (Å²) >= 11 is 3.37. The van der Waals surface area contributed by atoms with Gasteiger partial charge >= 0.3 is 5.97 Å². The molecular weight excluding hydrogens is 284 g/mol. The van der Waals surface area contributed by atoms with Crippen LogP contribution in [0.4, 0.5) is 0 Å². The first-order valence-corrected chi connectivity index (χ1v) is 6.80. The van der Waals surface area contributed by atoms with Crippen LogP contribution in [0.25, 0.3) is 0 Å². The Morgan fingerprint density at radius 3 is 2.76 bits per heavy atom. The van der Waals surface area contributed by atoms with Crippen LogP contribution in [0.5, 0.6) is 0 Å². The summed E-state index contributed by atoms with van der Waals surface area (Å²) in [4.78, 5) is 11.5. The highest BCUT2D eigenvalue weighted by Gasteiger charge is 2.09. The minimum atomic E-state index is -0.339. The Kier molecular flexibility index (Phi) is 6.22. The molecule has 3 nitrogen and oxygen atoms in total. The number of aliphatic hydroxyl groups is 1. The van der Waals surface area contributed by atoms with E-state index >= 15 is 0 Å². The Morgan fingerprint density at radius 1 is 1.41 bits per heavy atom. The lowest BCUT2D eigenvalue weighted by atomic mass is 10.0. The van der Waals surface area contributed by atoms with Gasteiger partial charge in [-0.2, -0.15) is 0 Å². The third-order valence-electron chi connectivity index (χ3n) is 2.47. The summed E-state index contributed by atoms with van der Waals surface area (Å²) in [5, 5.41) is 10.2. The van der Waals surface area contributed by atoms with Crippen molar-refractivity contribution in [3.8, 4) is 0 Å². The first-order valence-electron chi connectivity index (χ1n) is 5.68. The van der Waals surface area contributed by atoms with Gasteiger partial charge in [0.25, 0.3) is 0 Å². The number of aryl methyl sites for hydroxylation is 1. The number of rotatable bonds is 6. The molecule has 0 saturated carbocycles. The molecule has 0 heterocycles. The predicted molar refractivity (Wildman–Crippen MR) is 70.4 cm³/mol. The molecule has 0 bridgehead atoms. The number of halogens is 1. The Hall–Kier alpha value is -0.870. The van der Waals surface area contributed by atoms with Gasteiger partial charge < -0.3 is 9.84 Å². The van der Waals surface area contributed by atoms with E-state index in [2.05, 4.69) is 15.9 Å². The molecule has 17 heavy (non-hydrogen) atoms. The third kappa shape index (κ3) is 4.13. The van der Waals surface area contributed by atoms with E-state index in [1.54, 1.807) is 19.1 Å². The second-order valence-electron chi connectivity index (χ2n) is 3.65. The van der Waals surface area contributed by atoms with E-state index in [9.17, 15) is 9.90 Å². The van der Waals surface area contributed by atoms with Gasteiger partial charge in [0.2, 0.25) is 0 Å². The number of carbonyl (C=O) groups is 1. The highest BCUT2D eigenvalue weighted by molar-refractivity contribution is 9.09. The van der Waals surface area contributed by atoms with E-state index < -0.39 is 0 Å². The van der Waals surface area contributed by atoms with E-state index in [-0.39, 0.29) is 12.6 Å². The maximum Gasteiger partial charge on any atom is 0.338 e. The van der Waals surface area contributed by atoms with E-state index in [0.717, 1.165) is 29.3 Å². The van der Waals surface area contributed by atoms with E-state index in [4.69, 9.17) is 4.74 Å². The molecule has 0 spiro atoms. The van der Waals surface area contributed by atoms with Crippen LogP contribution in [0.2, 0.25) is 0 Å². The third-order valence-corrected chi connectivity index (χ3v) is 3.03. The molecule has 0 aliphatic rings. The van der Waals surface area contributed by atoms with Crippen LogP contribution in [-0.2, 0) is 17.8 Å². The number of esters is 1. The fraction of sp³-hybridized carbons (Fsp3) is 0.462. The van der Waals surface area contributed by atoms with Gasteiger partial charge in [-0.05, 0) is 43.0 Å². The van der Waals surface area contributed by atoms with Crippen LogP contribution in [-0.4, -0.2) is 23.0 Å². The van der Waals surface area contributed by atoms with Gasteiger partial charge in [0.1, 0.15) is 0 Å². The molecule has 0 aliphatic carbocycles. The summed E-state index contributed by atoms with van der Waals surface area (Å²) in [6.07, 6.45) is 1.90. The molecule has 94 valence electrons. The minimum Gasteiger partial charge on any atom is -0.462 e. The quantitative estimate of drug-likeness (QED) is 0.649. The van der Waals surface area contributed by atoms with Crippen molar-refractivity contribution in [3.63, 3.8) is 0 Å². The molecule has 0 saturated heterocycles. The van der Waals surface area contributed by atoms with Gasteiger partial charge in [-0.3, -0.25) is 0 Å². The first kappa shape index (κ1) is 14.2. The smallest absolute Gasteiger partial charge is 0.338 e. The summed E-state index contributed by atoms with van der Waals surface area (Å²) < 4.78 is 4.92. The van der Waals surface area contributed by atoms with Crippen LogP contribution in [0.3, 0.4) is 0 Å². The summed E-state index contributed by atoms with van der Waals surface area (Å²) in [7, 11) is 0. The van der Waals surface area contributed by atoms with Gasteiger partial charge in [0.05, 0.1) is 18.8 Å². The molecule has 4 heteroatoms. The molecule has 0 aromatic heterocycles. The van der Waals surface area contributed by atoms with Crippen molar-refractivity contribution in [2.24, 2.45) is 0 Å². The number of hydrogen-bond acceptors (Lipinski definition) is 3. The van der Waals surface area contributed by atoms with Crippen LogP contribution < -0.4 is 0 Å². The van der Waals surface area contributed by atoms with E-state index in [0.29, 0.717) is 12.2 Å². The largest absolute Gasteiger partial charge is 0.462 e. The number of ether oxygens (including phenoxy) is 1. The maximum absolute atomic E-state index is 11.5. The van der Waals surface area contributed by atoms with Crippen molar-refractivity contribution in [2.75, 3.05) is 11.9 Å². The molecular formula is C13H17BrO3. The van der Waals surface area contributed by atoms with Gasteiger partial charge in [-0.1, -0.05) is 22.0 Å². The van der Waals surface area contributed by atoms with Crippen molar-refractivity contribution >= 4 is 21.9 Å². The molecule has 0 fully saturated rings. The van der Waals surface area contributed by atoms with E-state index in [1.165, 1.54) is 0 Å². The lowest BCUT2D eigenvalue weighted by Gasteiger charge is -2.09. The first-order chi connectivity index (χ1) is 8.22. The second kappa shape index (κ2) is 7.45. The zero-order chi connectivity index (χ0) is 12.7. The maximum atomic E-state index is 11.5. The molecule has 1 N–H and O–H groups in total. The number of carbonyl (C=O) groups excluding carboxylic acids is 1. The van der Waals surface area contributed by atoms with Crippen molar-refractivity contribution < 1.29 is 14.6 Å². The van der Waals surface area contributed by atoms with Crippen molar-refractivity contribution in [1.29, 1.82) is 0 Å². The summed E-state index contributed by atoms with van der Waals surface area (Å²) in [6, 6.07) is 5.35. The average Bonchev–Trinajstić information content (AvgIpc) is 2.36. The standard InChI is InChI=1S/C13H17BrO3/c1-2-17-13(16)11-6-5-10(4-3-7-14)12(8-11)9-15/h5-6,8,15H,2-4,7,9H2,1H3. The second-order valence-corrected chi connectivity index (χ2v) is 4.45. The number of alkyl halides is 1. The molecule has 1 aromatic rings. The minimum absolute atomic E-state index is 0.0507. The lowest BCUT2D eigenvalue weighted by Crippen LogP contribution is -2.06. The lowest BCUT2D eigenvalue weighted by molar-refractivity contribution is 0.0526. The highest BCUT2D eigenvalue weighted by atomic mass is 79.9. The summed E-state index contributed by atoms with van der Waals surface area (Å²) in [5.41, 5.74) is 2.38. The molecule has 0 radical (unpaired) electrons. The number of benzene rings is 1. The van der Waals surface area contributed by atoms with Gasteiger partial charge in [-0.15, -0.1) is 0 Å². The van der Waals surface area contributed by atoms with Crippen LogP contribution in [0.1, 0.15) is 34.8 Å². The molecule has 1 aromatic carbocycles. The molecule has 0 amide bonds. The van der Waals surface area contributed by atoms with Crippen molar-refractivity contribution in [3.05, 3.63) is 34.9 Å². The Morgan fingerprint density at radius 2 is 2.18 bits per heavy atom. The van der Waals surface area contributed by atoms with Gasteiger partial charge in [-0.25, -0.2) is 4.79 Å². The molecule has 0 unspecified atom stereocenters. The van der Waals surface area contributed by atoms with Gasteiger partial charge in [0.15, 0.2) is 0 Å². The SMILES string of the molecule is CCOC(=O)c1ccc(CCCBr)c(CO)c1. The molecule has 0 aliphatic heterocycles. The Labute approximate surface area is 110 Å².